The topological polar surface area (TPSA) is 62.2 Å². The van der Waals surface area contributed by atoms with Gasteiger partial charge in [0.1, 0.15) is 12.4 Å². The van der Waals surface area contributed by atoms with E-state index in [1.165, 1.54) is 0 Å². The molecule has 1 aliphatic heterocycles. The average Bonchev–Trinajstić information content (AvgIpc) is 3.46. The van der Waals surface area contributed by atoms with Crippen molar-refractivity contribution in [3.63, 3.8) is 0 Å². The summed E-state index contributed by atoms with van der Waals surface area (Å²) in [7, 11) is 3.93. The molecule has 0 spiro atoms. The molecule has 6 nitrogen and oxygen atoms in total. The molecule has 5 rings (SSSR count). The van der Waals surface area contributed by atoms with Crippen LogP contribution < -0.4 is 9.64 Å². The number of anilines is 1. The number of amides is 2. The first kappa shape index (κ1) is 20.9. The third-order valence-corrected chi connectivity index (χ3v) is 7.11. The molecule has 164 valence electrons. The SMILES string of the molecule is CN(C)c1ccc(C=NN2C(=O)[C@@H]3[C@H](C2=O)[C@H]2C=C[C@H]3C2)c(OCc2ccc(Br)cc2)c1. The van der Waals surface area contributed by atoms with Crippen LogP contribution in [0, 0.1) is 23.7 Å². The first-order chi connectivity index (χ1) is 15.4. The van der Waals surface area contributed by atoms with Gasteiger partial charge >= 0.3 is 0 Å². The van der Waals surface area contributed by atoms with Gasteiger partial charge < -0.3 is 9.64 Å². The van der Waals surface area contributed by atoms with E-state index in [9.17, 15) is 9.59 Å². The Morgan fingerprint density at radius 1 is 1.06 bits per heavy atom. The fourth-order valence-corrected chi connectivity index (χ4v) is 5.16. The summed E-state index contributed by atoms with van der Waals surface area (Å²) in [5.41, 5.74) is 2.73. The lowest BCUT2D eigenvalue weighted by Gasteiger charge is -2.16. The zero-order valence-electron chi connectivity index (χ0n) is 17.9. The molecule has 4 atom stereocenters. The zero-order valence-corrected chi connectivity index (χ0v) is 19.5. The number of hydrogen-bond donors (Lipinski definition) is 0. The second-order valence-corrected chi connectivity index (χ2v) is 9.68. The Balaban J connectivity index is 1.38. The molecular formula is C25H24BrN3O3. The molecule has 32 heavy (non-hydrogen) atoms. The number of nitrogens with zero attached hydrogens (tertiary/aromatic N) is 3. The van der Waals surface area contributed by atoms with E-state index in [0.29, 0.717) is 17.9 Å². The summed E-state index contributed by atoms with van der Waals surface area (Å²) in [6, 6.07) is 13.7. The number of hydrazone groups is 1. The van der Waals surface area contributed by atoms with Crippen LogP contribution in [0.5, 0.6) is 5.75 Å². The second kappa shape index (κ2) is 8.20. The van der Waals surface area contributed by atoms with Gasteiger partial charge in [-0.2, -0.15) is 10.1 Å². The van der Waals surface area contributed by atoms with E-state index in [0.717, 1.165) is 27.2 Å². The molecule has 1 heterocycles. The zero-order chi connectivity index (χ0) is 22.4. The van der Waals surface area contributed by atoms with E-state index in [1.54, 1.807) is 6.21 Å². The summed E-state index contributed by atoms with van der Waals surface area (Å²) in [5.74, 6) is 0.115. The maximum atomic E-state index is 12.9. The first-order valence-corrected chi connectivity index (χ1v) is 11.5. The number of fused-ring (bicyclic) bond motifs is 5. The fraction of sp³-hybridized carbons (Fsp3) is 0.320. The summed E-state index contributed by atoms with van der Waals surface area (Å²) < 4.78 is 7.12. The molecule has 0 unspecified atom stereocenters. The van der Waals surface area contributed by atoms with Crippen molar-refractivity contribution in [1.82, 2.24) is 5.01 Å². The first-order valence-electron chi connectivity index (χ1n) is 10.7. The van der Waals surface area contributed by atoms with Crippen LogP contribution in [0.1, 0.15) is 17.5 Å². The van der Waals surface area contributed by atoms with Crippen molar-refractivity contribution in [3.8, 4) is 5.75 Å². The van der Waals surface area contributed by atoms with Gasteiger partial charge in [0.05, 0.1) is 18.1 Å². The third kappa shape index (κ3) is 3.64. The lowest BCUT2D eigenvalue weighted by Crippen LogP contribution is -2.28. The van der Waals surface area contributed by atoms with Gasteiger partial charge in [-0.05, 0) is 48.1 Å². The molecule has 7 heteroatoms. The van der Waals surface area contributed by atoms with E-state index in [4.69, 9.17) is 4.74 Å². The van der Waals surface area contributed by atoms with E-state index in [-0.39, 0.29) is 35.5 Å². The van der Waals surface area contributed by atoms with Crippen molar-refractivity contribution < 1.29 is 14.3 Å². The molecular weight excluding hydrogens is 470 g/mol. The van der Waals surface area contributed by atoms with Crippen LogP contribution in [0.25, 0.3) is 0 Å². The number of carbonyl (C=O) groups is 2. The molecule has 0 radical (unpaired) electrons. The Hall–Kier alpha value is -2.93. The van der Waals surface area contributed by atoms with Crippen LogP contribution in [0.4, 0.5) is 5.69 Å². The highest BCUT2D eigenvalue weighted by Gasteiger charge is 2.59. The molecule has 2 bridgehead atoms. The van der Waals surface area contributed by atoms with E-state index in [1.807, 2.05) is 61.5 Å². The standard InChI is InChI=1S/C25H24BrN3O3/c1-28(2)20-10-7-18(21(12-20)32-14-15-3-8-19(26)9-4-15)13-27-29-24(30)22-16-5-6-17(11-16)23(22)25(29)31/h3-10,12-13,16-17,22-23H,11,14H2,1-2H3/t16-,17-,22-,23+/m0/s1. The number of allylic oxidation sites excluding steroid dienone is 2. The Morgan fingerprint density at radius 3 is 2.34 bits per heavy atom. The number of imide groups is 1. The molecule has 0 N–H and O–H groups in total. The van der Waals surface area contributed by atoms with E-state index < -0.39 is 0 Å². The minimum Gasteiger partial charge on any atom is -0.488 e. The van der Waals surface area contributed by atoms with Crippen LogP contribution in [0.15, 0.2) is 64.2 Å². The largest absolute Gasteiger partial charge is 0.488 e. The number of benzene rings is 2. The number of halogens is 1. The Morgan fingerprint density at radius 2 is 1.72 bits per heavy atom. The number of hydrogen-bond acceptors (Lipinski definition) is 5. The second-order valence-electron chi connectivity index (χ2n) is 8.76. The van der Waals surface area contributed by atoms with Crippen LogP contribution in [0.3, 0.4) is 0 Å². The summed E-state index contributed by atoms with van der Waals surface area (Å²) >= 11 is 3.44. The van der Waals surface area contributed by atoms with E-state index in [2.05, 4.69) is 33.2 Å². The fourth-order valence-electron chi connectivity index (χ4n) is 4.89. The maximum absolute atomic E-state index is 12.9. The Kier molecular flexibility index (Phi) is 5.37. The van der Waals surface area contributed by atoms with Gasteiger partial charge in [0.25, 0.3) is 11.8 Å². The molecule has 2 aromatic rings. The van der Waals surface area contributed by atoms with Gasteiger partial charge in [-0.15, -0.1) is 0 Å². The average molecular weight is 494 g/mol. The quantitative estimate of drug-likeness (QED) is 0.343. The van der Waals surface area contributed by atoms with Gasteiger partial charge in [-0.3, -0.25) is 9.59 Å². The van der Waals surface area contributed by atoms with Crippen molar-refractivity contribution in [2.75, 3.05) is 19.0 Å². The number of ether oxygens (including phenoxy) is 1. The highest BCUT2D eigenvalue weighted by Crippen LogP contribution is 2.52. The minimum absolute atomic E-state index is 0.172. The van der Waals surface area contributed by atoms with Gasteiger partial charge in [0.2, 0.25) is 0 Å². The molecule has 1 saturated heterocycles. The lowest BCUT2D eigenvalue weighted by molar-refractivity contribution is -0.140. The van der Waals surface area contributed by atoms with Crippen LogP contribution in [0.2, 0.25) is 0 Å². The summed E-state index contributed by atoms with van der Waals surface area (Å²) in [5, 5.41) is 5.39. The van der Waals surface area contributed by atoms with Crippen molar-refractivity contribution in [2.24, 2.45) is 28.8 Å². The summed E-state index contributed by atoms with van der Waals surface area (Å²) in [4.78, 5) is 27.8. The van der Waals surface area contributed by atoms with Crippen molar-refractivity contribution in [3.05, 3.63) is 70.2 Å². The van der Waals surface area contributed by atoms with Crippen molar-refractivity contribution in [2.45, 2.75) is 13.0 Å². The van der Waals surface area contributed by atoms with Gasteiger partial charge in [0, 0.05) is 35.9 Å². The van der Waals surface area contributed by atoms with Gasteiger partial charge in [-0.1, -0.05) is 40.2 Å². The smallest absolute Gasteiger partial charge is 0.254 e. The molecule has 3 aliphatic rings. The predicted octanol–water partition coefficient (Wildman–Crippen LogP) is 4.24. The van der Waals surface area contributed by atoms with Crippen LogP contribution in [-0.4, -0.2) is 37.1 Å². The summed E-state index contributed by atoms with van der Waals surface area (Å²) in [6.45, 7) is 0.395. The summed E-state index contributed by atoms with van der Waals surface area (Å²) in [6.07, 6.45) is 6.63. The molecule has 2 fully saturated rings. The molecule has 0 aromatic heterocycles. The third-order valence-electron chi connectivity index (χ3n) is 6.58. The molecule has 1 saturated carbocycles. The Labute approximate surface area is 195 Å². The highest BCUT2D eigenvalue weighted by molar-refractivity contribution is 9.10. The monoisotopic (exact) mass is 493 g/mol. The maximum Gasteiger partial charge on any atom is 0.254 e. The normalized spacial score (nSPS) is 25.8. The number of carbonyl (C=O) groups excluding carboxylic acids is 2. The molecule has 2 aromatic carbocycles. The van der Waals surface area contributed by atoms with Gasteiger partial charge in [0.15, 0.2) is 0 Å². The van der Waals surface area contributed by atoms with E-state index >= 15 is 0 Å². The Bertz CT molecular complexity index is 1100. The van der Waals surface area contributed by atoms with Gasteiger partial charge in [-0.25, -0.2) is 0 Å². The van der Waals surface area contributed by atoms with Crippen LogP contribution in [-0.2, 0) is 16.2 Å². The van der Waals surface area contributed by atoms with Crippen molar-refractivity contribution >= 4 is 39.6 Å². The predicted molar refractivity (Wildman–Crippen MR) is 126 cm³/mol. The van der Waals surface area contributed by atoms with Crippen molar-refractivity contribution in [1.29, 1.82) is 0 Å². The molecule has 2 amide bonds. The highest BCUT2D eigenvalue weighted by atomic mass is 79.9. The van der Waals surface area contributed by atoms with Crippen LogP contribution >= 0.6 is 15.9 Å². The molecule has 2 aliphatic carbocycles. The minimum atomic E-state index is -0.251. The lowest BCUT2D eigenvalue weighted by atomic mass is 9.85. The number of rotatable bonds is 6.